The molecule has 0 aliphatic heterocycles. The topological polar surface area (TPSA) is 56.1 Å². The molecule has 31 heavy (non-hydrogen) atoms. The maximum atomic E-state index is 13.3. The van der Waals surface area contributed by atoms with Gasteiger partial charge in [0.1, 0.15) is 22.2 Å². The molecule has 1 amide bonds. The zero-order chi connectivity index (χ0) is 22.9. The largest absolute Gasteiger partial charge is 0.455 e. The van der Waals surface area contributed by atoms with Gasteiger partial charge in [-0.15, -0.1) is 0 Å². The van der Waals surface area contributed by atoms with Crippen LogP contribution in [0.2, 0.25) is 5.15 Å². The van der Waals surface area contributed by atoms with Gasteiger partial charge in [-0.1, -0.05) is 56.6 Å². The third-order valence-corrected chi connectivity index (χ3v) is 5.17. The van der Waals surface area contributed by atoms with Crippen molar-refractivity contribution in [3.05, 3.63) is 70.0 Å². The average molecular weight is 448 g/mol. The van der Waals surface area contributed by atoms with Gasteiger partial charge < -0.3 is 10.1 Å². The van der Waals surface area contributed by atoms with Crippen LogP contribution in [0.4, 0.5) is 14.5 Å². The van der Waals surface area contributed by atoms with Gasteiger partial charge >= 0.3 is 0 Å². The quantitative estimate of drug-likeness (QED) is 0.475. The van der Waals surface area contributed by atoms with Crippen LogP contribution >= 0.6 is 11.6 Å². The minimum absolute atomic E-state index is 0.167. The highest BCUT2D eigenvalue weighted by Crippen LogP contribution is 2.38. The second-order valence-electron chi connectivity index (χ2n) is 8.28. The molecule has 3 aromatic rings. The predicted octanol–water partition coefficient (Wildman–Crippen LogP) is 6.66. The van der Waals surface area contributed by atoms with Gasteiger partial charge in [0.15, 0.2) is 5.75 Å². The first kappa shape index (κ1) is 22.7. The summed E-state index contributed by atoms with van der Waals surface area (Å²) in [4.78, 5) is 12.8. The fourth-order valence-corrected chi connectivity index (χ4v) is 3.40. The Morgan fingerprint density at radius 3 is 2.48 bits per heavy atom. The lowest BCUT2D eigenvalue weighted by Gasteiger charge is -2.23. The number of aryl methyl sites for hydroxylation is 2. The zero-order valence-electron chi connectivity index (χ0n) is 18.0. The molecule has 3 rings (SSSR count). The summed E-state index contributed by atoms with van der Waals surface area (Å²) in [6.45, 7) is 8.20. The van der Waals surface area contributed by atoms with Crippen molar-refractivity contribution in [2.45, 2.75) is 39.5 Å². The third-order valence-electron chi connectivity index (χ3n) is 4.74. The predicted molar refractivity (Wildman–Crippen MR) is 118 cm³/mol. The molecular formula is C23H24ClF2N3O2. The van der Waals surface area contributed by atoms with Crippen LogP contribution in [-0.2, 0) is 12.5 Å². The van der Waals surface area contributed by atoms with Gasteiger partial charge in [0, 0.05) is 12.6 Å². The van der Waals surface area contributed by atoms with Gasteiger partial charge in [-0.25, -0.2) is 8.78 Å². The Balaban J connectivity index is 1.97. The maximum absolute atomic E-state index is 13.3. The van der Waals surface area contributed by atoms with Crippen LogP contribution < -0.4 is 10.1 Å². The average Bonchev–Trinajstić information content (AvgIpc) is 2.97. The van der Waals surface area contributed by atoms with E-state index in [4.69, 9.17) is 16.3 Å². The number of carbonyl (C=O) groups excluding carboxylic acids is 1. The van der Waals surface area contributed by atoms with E-state index in [0.29, 0.717) is 17.2 Å². The molecule has 0 spiro atoms. The zero-order valence-corrected chi connectivity index (χ0v) is 18.7. The summed E-state index contributed by atoms with van der Waals surface area (Å²) in [5, 5.41) is 6.12. The number of halogens is 3. The normalized spacial score (nSPS) is 11.6. The first-order chi connectivity index (χ1) is 14.5. The number of aromatic nitrogens is 2. The number of anilines is 1. The van der Waals surface area contributed by atoms with Crippen LogP contribution in [0.25, 0.3) is 0 Å². The van der Waals surface area contributed by atoms with E-state index in [9.17, 15) is 13.6 Å². The number of ether oxygens (including phenoxy) is 1. The number of para-hydroxylation sites is 2. The Bertz CT molecular complexity index is 1120. The smallest absolute Gasteiger partial charge is 0.283 e. The van der Waals surface area contributed by atoms with E-state index in [1.807, 2.05) is 25.1 Å². The summed E-state index contributed by atoms with van der Waals surface area (Å²) in [5.41, 5.74) is 1.14. The van der Waals surface area contributed by atoms with Crippen LogP contribution in [0, 0.1) is 6.92 Å². The Kier molecular flexibility index (Phi) is 6.36. The highest BCUT2D eigenvalue weighted by Gasteiger charge is 2.28. The molecule has 0 saturated heterocycles. The first-order valence-electron chi connectivity index (χ1n) is 9.69. The third kappa shape index (κ3) is 4.88. The standard InChI is InChI=1S/C23H24ClF2N3O2/c1-13-10-11-14(23(2,3)4)17(12-13)31-16-9-7-6-8-15(16)27-22(30)18-19(21(25)26)28-29(5)20(18)24/h6-12,21H,1-5H3,(H,27,30). The van der Waals surface area contributed by atoms with Crippen molar-refractivity contribution in [1.82, 2.24) is 9.78 Å². The lowest BCUT2D eigenvalue weighted by atomic mass is 9.86. The second kappa shape index (κ2) is 8.67. The summed E-state index contributed by atoms with van der Waals surface area (Å²) < 4.78 is 33.9. The minimum Gasteiger partial charge on any atom is -0.455 e. The second-order valence-corrected chi connectivity index (χ2v) is 8.64. The van der Waals surface area contributed by atoms with Crippen molar-refractivity contribution in [2.24, 2.45) is 7.05 Å². The summed E-state index contributed by atoms with van der Waals surface area (Å²) in [7, 11) is 1.40. The molecule has 0 bridgehead atoms. The highest BCUT2D eigenvalue weighted by molar-refractivity contribution is 6.33. The Morgan fingerprint density at radius 1 is 1.16 bits per heavy atom. The van der Waals surface area contributed by atoms with Crippen LogP contribution in [0.3, 0.4) is 0 Å². The molecule has 1 heterocycles. The molecular weight excluding hydrogens is 424 g/mol. The molecule has 1 N–H and O–H groups in total. The fourth-order valence-electron chi connectivity index (χ4n) is 3.18. The van der Waals surface area contributed by atoms with Crippen molar-refractivity contribution in [3.8, 4) is 11.5 Å². The monoisotopic (exact) mass is 447 g/mol. The van der Waals surface area contributed by atoms with E-state index in [0.717, 1.165) is 15.8 Å². The molecule has 8 heteroatoms. The van der Waals surface area contributed by atoms with Crippen molar-refractivity contribution in [1.29, 1.82) is 0 Å². The van der Waals surface area contributed by atoms with Gasteiger partial charge in [-0.3, -0.25) is 9.48 Å². The maximum Gasteiger partial charge on any atom is 0.283 e. The number of hydrogen-bond acceptors (Lipinski definition) is 3. The van der Waals surface area contributed by atoms with Gasteiger partial charge in [0.2, 0.25) is 0 Å². The Labute approximate surface area is 185 Å². The number of hydrogen-bond donors (Lipinski definition) is 1. The van der Waals surface area contributed by atoms with Crippen LogP contribution in [0.15, 0.2) is 42.5 Å². The number of nitrogens with one attached hydrogen (secondary N) is 1. The first-order valence-corrected chi connectivity index (χ1v) is 10.1. The van der Waals surface area contributed by atoms with E-state index >= 15 is 0 Å². The van der Waals surface area contributed by atoms with Gasteiger partial charge in [0.25, 0.3) is 12.3 Å². The number of rotatable bonds is 5. The van der Waals surface area contributed by atoms with E-state index in [1.54, 1.807) is 24.3 Å². The highest BCUT2D eigenvalue weighted by atomic mass is 35.5. The molecule has 0 saturated carbocycles. The number of carbonyl (C=O) groups is 1. The number of benzene rings is 2. The summed E-state index contributed by atoms with van der Waals surface area (Å²) in [6.07, 6.45) is -2.94. The molecule has 0 fully saturated rings. The van der Waals surface area contributed by atoms with Crippen LogP contribution in [0.5, 0.6) is 11.5 Å². The molecule has 5 nitrogen and oxygen atoms in total. The molecule has 0 aliphatic rings. The van der Waals surface area contributed by atoms with Crippen LogP contribution in [0.1, 0.15) is 54.4 Å². The van der Waals surface area contributed by atoms with Crippen molar-refractivity contribution in [2.75, 3.05) is 5.32 Å². The van der Waals surface area contributed by atoms with E-state index in [-0.39, 0.29) is 16.1 Å². The fraction of sp³-hybridized carbons (Fsp3) is 0.304. The number of amides is 1. The van der Waals surface area contributed by atoms with Crippen molar-refractivity contribution >= 4 is 23.2 Å². The van der Waals surface area contributed by atoms with Crippen molar-refractivity contribution in [3.63, 3.8) is 0 Å². The van der Waals surface area contributed by atoms with E-state index in [2.05, 4.69) is 31.2 Å². The van der Waals surface area contributed by atoms with E-state index < -0.39 is 18.0 Å². The number of alkyl halides is 2. The van der Waals surface area contributed by atoms with E-state index in [1.165, 1.54) is 7.05 Å². The molecule has 0 radical (unpaired) electrons. The Morgan fingerprint density at radius 2 is 1.84 bits per heavy atom. The molecule has 2 aromatic carbocycles. The molecule has 0 unspecified atom stereocenters. The summed E-state index contributed by atoms with van der Waals surface area (Å²) in [5.74, 6) is 0.247. The summed E-state index contributed by atoms with van der Waals surface area (Å²) in [6, 6.07) is 12.7. The number of nitrogens with zero attached hydrogens (tertiary/aromatic N) is 2. The molecule has 164 valence electrons. The Hall–Kier alpha value is -2.93. The molecule has 1 aromatic heterocycles. The lowest BCUT2D eigenvalue weighted by molar-refractivity contribution is 0.101. The molecule has 0 aliphatic carbocycles. The van der Waals surface area contributed by atoms with Gasteiger partial charge in [-0.2, -0.15) is 5.10 Å². The van der Waals surface area contributed by atoms with Crippen molar-refractivity contribution < 1.29 is 18.3 Å². The lowest BCUT2D eigenvalue weighted by Crippen LogP contribution is -2.15. The minimum atomic E-state index is -2.94. The molecule has 0 atom stereocenters. The van der Waals surface area contributed by atoms with Crippen LogP contribution in [-0.4, -0.2) is 15.7 Å². The SMILES string of the molecule is Cc1ccc(C(C)(C)C)c(Oc2ccccc2NC(=O)c2c(C(F)F)nn(C)c2Cl)c1. The van der Waals surface area contributed by atoms with Gasteiger partial charge in [0.05, 0.1) is 5.69 Å². The van der Waals surface area contributed by atoms with Gasteiger partial charge in [-0.05, 0) is 36.1 Å². The summed E-state index contributed by atoms with van der Waals surface area (Å²) >= 11 is 6.05.